The molecule has 0 saturated carbocycles. The monoisotopic (exact) mass is 292 g/mol. The summed E-state index contributed by atoms with van der Waals surface area (Å²) in [6.45, 7) is -0.161. The Hall–Kier alpha value is -2.83. The number of para-hydroxylation sites is 1. The van der Waals surface area contributed by atoms with E-state index in [1.165, 1.54) is 24.3 Å². The zero-order chi connectivity index (χ0) is 15.4. The maximum atomic E-state index is 13.4. The van der Waals surface area contributed by atoms with Crippen molar-refractivity contribution in [2.45, 2.75) is 6.54 Å². The van der Waals surface area contributed by atoms with Gasteiger partial charge >= 0.3 is 0 Å². The Morgan fingerprint density at radius 3 is 2.57 bits per heavy atom. The van der Waals surface area contributed by atoms with Crippen molar-refractivity contribution in [1.82, 2.24) is 5.32 Å². The average Bonchev–Trinajstić information content (AvgIpc) is 2.47. The zero-order valence-corrected chi connectivity index (χ0v) is 10.7. The second-order valence-electron chi connectivity index (χ2n) is 4.17. The minimum absolute atomic E-state index is 0.155. The number of carbonyl (C=O) groups excluding carboxylic acids is 1. The summed E-state index contributed by atoms with van der Waals surface area (Å²) in [5.41, 5.74) is -0.334. The van der Waals surface area contributed by atoms with E-state index in [-0.39, 0.29) is 17.8 Å². The third kappa shape index (κ3) is 3.19. The van der Waals surface area contributed by atoms with Gasteiger partial charge in [0.25, 0.3) is 11.6 Å². The van der Waals surface area contributed by atoms with Gasteiger partial charge in [0.15, 0.2) is 11.6 Å². The number of hydrogen-bond acceptors (Lipinski definition) is 3. The van der Waals surface area contributed by atoms with Crippen LogP contribution < -0.4 is 5.32 Å². The van der Waals surface area contributed by atoms with Crippen LogP contribution in [0.25, 0.3) is 0 Å². The van der Waals surface area contributed by atoms with Gasteiger partial charge < -0.3 is 5.32 Å². The Labute approximate surface area is 118 Å². The standard InChI is InChI=1S/C14H10F2N2O3/c15-11-6-3-5-10(13(11)16)14(19)17-8-9-4-1-2-7-12(9)18(20)21/h1-7H,8H2,(H,17,19). The van der Waals surface area contributed by atoms with Gasteiger partial charge in [0.2, 0.25) is 0 Å². The second-order valence-corrected chi connectivity index (χ2v) is 4.17. The molecule has 0 fully saturated rings. The third-order valence-electron chi connectivity index (χ3n) is 2.82. The van der Waals surface area contributed by atoms with E-state index in [0.717, 1.165) is 12.1 Å². The van der Waals surface area contributed by atoms with Crippen LogP contribution in [-0.2, 0) is 6.54 Å². The molecule has 108 valence electrons. The number of halogens is 2. The lowest BCUT2D eigenvalue weighted by Crippen LogP contribution is -2.24. The molecule has 0 aliphatic rings. The maximum absolute atomic E-state index is 13.4. The average molecular weight is 292 g/mol. The lowest BCUT2D eigenvalue weighted by molar-refractivity contribution is -0.385. The van der Waals surface area contributed by atoms with Crippen molar-refractivity contribution < 1.29 is 18.5 Å². The molecule has 0 saturated heterocycles. The molecule has 0 radical (unpaired) electrons. The van der Waals surface area contributed by atoms with Gasteiger partial charge in [0, 0.05) is 18.2 Å². The Morgan fingerprint density at radius 2 is 1.86 bits per heavy atom. The number of nitrogens with one attached hydrogen (secondary N) is 1. The fraction of sp³-hybridized carbons (Fsp3) is 0.0714. The van der Waals surface area contributed by atoms with Crippen molar-refractivity contribution >= 4 is 11.6 Å². The van der Waals surface area contributed by atoms with E-state index in [9.17, 15) is 23.7 Å². The molecule has 2 aromatic carbocycles. The highest BCUT2D eigenvalue weighted by Crippen LogP contribution is 2.17. The highest BCUT2D eigenvalue weighted by atomic mass is 19.2. The molecule has 0 aromatic heterocycles. The first-order chi connectivity index (χ1) is 10.0. The third-order valence-corrected chi connectivity index (χ3v) is 2.82. The normalized spacial score (nSPS) is 10.2. The zero-order valence-electron chi connectivity index (χ0n) is 10.7. The Bertz CT molecular complexity index is 704. The van der Waals surface area contributed by atoms with E-state index in [2.05, 4.69) is 5.32 Å². The molecule has 1 amide bonds. The largest absolute Gasteiger partial charge is 0.348 e. The smallest absolute Gasteiger partial charge is 0.274 e. The molecule has 0 atom stereocenters. The number of amides is 1. The number of carbonyl (C=O) groups is 1. The molecule has 0 aliphatic carbocycles. The summed E-state index contributed by atoms with van der Waals surface area (Å²) in [4.78, 5) is 22.0. The van der Waals surface area contributed by atoms with Crippen molar-refractivity contribution in [1.29, 1.82) is 0 Å². The second kappa shape index (κ2) is 6.08. The van der Waals surface area contributed by atoms with Crippen LogP contribution in [0.1, 0.15) is 15.9 Å². The predicted molar refractivity (Wildman–Crippen MR) is 70.6 cm³/mol. The Morgan fingerprint density at radius 1 is 1.14 bits per heavy atom. The minimum Gasteiger partial charge on any atom is -0.348 e. The van der Waals surface area contributed by atoms with E-state index >= 15 is 0 Å². The van der Waals surface area contributed by atoms with Crippen molar-refractivity contribution in [2.24, 2.45) is 0 Å². The van der Waals surface area contributed by atoms with Gasteiger partial charge in [-0.05, 0) is 12.1 Å². The molecular weight excluding hydrogens is 282 g/mol. The molecule has 2 rings (SSSR count). The molecular formula is C14H10F2N2O3. The van der Waals surface area contributed by atoms with Gasteiger partial charge in [0.05, 0.1) is 10.5 Å². The van der Waals surface area contributed by atoms with Gasteiger partial charge in [0.1, 0.15) is 0 Å². The maximum Gasteiger partial charge on any atom is 0.274 e. The predicted octanol–water partition coefficient (Wildman–Crippen LogP) is 2.80. The number of rotatable bonds is 4. The van der Waals surface area contributed by atoms with Crippen LogP contribution in [-0.4, -0.2) is 10.8 Å². The lowest BCUT2D eigenvalue weighted by atomic mass is 10.1. The molecule has 0 heterocycles. The van der Waals surface area contributed by atoms with Crippen molar-refractivity contribution in [3.63, 3.8) is 0 Å². The Kier molecular flexibility index (Phi) is 4.22. The summed E-state index contributed by atoms with van der Waals surface area (Å²) in [6, 6.07) is 9.08. The number of benzene rings is 2. The number of nitrogens with zero attached hydrogens (tertiary/aromatic N) is 1. The first-order valence-corrected chi connectivity index (χ1v) is 5.95. The fourth-order valence-corrected chi connectivity index (χ4v) is 1.79. The summed E-state index contributed by atoms with van der Waals surface area (Å²) >= 11 is 0. The van der Waals surface area contributed by atoms with E-state index in [1.807, 2.05) is 0 Å². The van der Waals surface area contributed by atoms with Crippen LogP contribution in [0, 0.1) is 21.7 Å². The molecule has 1 N–H and O–H groups in total. The van der Waals surface area contributed by atoms with Gasteiger partial charge in [-0.15, -0.1) is 0 Å². The Balaban J connectivity index is 2.15. The number of hydrogen-bond donors (Lipinski definition) is 1. The molecule has 21 heavy (non-hydrogen) atoms. The van der Waals surface area contributed by atoms with Crippen molar-refractivity contribution in [3.05, 3.63) is 75.3 Å². The number of nitro benzene ring substituents is 1. The summed E-state index contributed by atoms with van der Waals surface area (Å²) in [5, 5.41) is 13.1. The molecule has 5 nitrogen and oxygen atoms in total. The number of nitro groups is 1. The van der Waals surface area contributed by atoms with Crippen LogP contribution in [0.15, 0.2) is 42.5 Å². The quantitative estimate of drug-likeness (QED) is 0.695. The van der Waals surface area contributed by atoms with Crippen molar-refractivity contribution in [3.8, 4) is 0 Å². The van der Waals surface area contributed by atoms with E-state index in [4.69, 9.17) is 0 Å². The molecule has 0 bridgehead atoms. The molecule has 0 aliphatic heterocycles. The molecule has 0 spiro atoms. The van der Waals surface area contributed by atoms with Crippen LogP contribution >= 0.6 is 0 Å². The van der Waals surface area contributed by atoms with E-state index in [1.54, 1.807) is 6.07 Å². The van der Waals surface area contributed by atoms with Gasteiger partial charge in [-0.1, -0.05) is 24.3 Å². The van der Waals surface area contributed by atoms with Crippen LogP contribution in [0.4, 0.5) is 14.5 Å². The van der Waals surface area contributed by atoms with Gasteiger partial charge in [-0.2, -0.15) is 0 Å². The van der Waals surface area contributed by atoms with Crippen molar-refractivity contribution in [2.75, 3.05) is 0 Å². The van der Waals surface area contributed by atoms with E-state index in [0.29, 0.717) is 0 Å². The molecule has 7 heteroatoms. The van der Waals surface area contributed by atoms with E-state index < -0.39 is 28.0 Å². The summed E-state index contributed by atoms with van der Waals surface area (Å²) < 4.78 is 26.5. The van der Waals surface area contributed by atoms with Gasteiger partial charge in [-0.3, -0.25) is 14.9 Å². The fourth-order valence-electron chi connectivity index (χ4n) is 1.79. The highest BCUT2D eigenvalue weighted by Gasteiger charge is 2.17. The minimum atomic E-state index is -1.25. The molecule has 0 unspecified atom stereocenters. The van der Waals surface area contributed by atoms with Gasteiger partial charge in [-0.25, -0.2) is 8.78 Å². The summed E-state index contributed by atoms with van der Waals surface area (Å²) in [5.74, 6) is -3.23. The van der Waals surface area contributed by atoms with Crippen LogP contribution in [0.3, 0.4) is 0 Å². The SMILES string of the molecule is O=C(NCc1ccccc1[N+](=O)[O-])c1cccc(F)c1F. The summed E-state index contributed by atoms with van der Waals surface area (Å²) in [7, 11) is 0. The van der Waals surface area contributed by atoms with Crippen LogP contribution in [0.2, 0.25) is 0 Å². The van der Waals surface area contributed by atoms with Crippen LogP contribution in [0.5, 0.6) is 0 Å². The first kappa shape index (κ1) is 14.6. The highest BCUT2D eigenvalue weighted by molar-refractivity contribution is 5.94. The topological polar surface area (TPSA) is 72.2 Å². The molecule has 2 aromatic rings. The first-order valence-electron chi connectivity index (χ1n) is 5.95. The lowest BCUT2D eigenvalue weighted by Gasteiger charge is -2.07. The summed E-state index contributed by atoms with van der Waals surface area (Å²) in [6.07, 6.45) is 0.